The number of hydrogen-bond acceptors (Lipinski definition) is 4. The van der Waals surface area contributed by atoms with Crippen LogP contribution in [0.15, 0.2) is 25.0 Å². The molecule has 5 heteroatoms. The second-order valence-corrected chi connectivity index (χ2v) is 2.41. The summed E-state index contributed by atoms with van der Waals surface area (Å²) in [5.74, 6) is -1.91. The van der Waals surface area contributed by atoms with Crippen LogP contribution in [0.1, 0.15) is 6.92 Å². The molecule has 0 heterocycles. The van der Waals surface area contributed by atoms with Crippen LogP contribution < -0.4 is 0 Å². The highest BCUT2D eigenvalue weighted by Crippen LogP contribution is 1.93. The van der Waals surface area contributed by atoms with Crippen LogP contribution in [0.25, 0.3) is 0 Å². The van der Waals surface area contributed by atoms with Crippen LogP contribution in [0.3, 0.4) is 0 Å². The van der Waals surface area contributed by atoms with Crippen LogP contribution in [0.4, 0.5) is 0 Å². The molecule has 78 valence electrons. The first-order valence-corrected chi connectivity index (χ1v) is 3.90. The van der Waals surface area contributed by atoms with Crippen molar-refractivity contribution in [2.24, 2.45) is 0 Å². The van der Waals surface area contributed by atoms with Crippen molar-refractivity contribution in [3.05, 3.63) is 25.0 Å². The molecule has 5 nitrogen and oxygen atoms in total. The highest BCUT2D eigenvalue weighted by atomic mass is 16.6. The standard InChI is InChI=1S/C9H12O5/c1-3-13-7(2)6-14-9(12)5-4-8(10)11/h3-5,7H,1,6H2,2H3,(H,10,11)/b5-4-. The fraction of sp³-hybridized carbons (Fsp3) is 0.333. The zero-order valence-corrected chi connectivity index (χ0v) is 7.80. The van der Waals surface area contributed by atoms with Gasteiger partial charge in [0.05, 0.1) is 6.26 Å². The topological polar surface area (TPSA) is 72.8 Å². The summed E-state index contributed by atoms with van der Waals surface area (Å²) in [7, 11) is 0. The molecule has 14 heavy (non-hydrogen) atoms. The average Bonchev–Trinajstić information content (AvgIpc) is 2.12. The Morgan fingerprint density at radius 2 is 2.14 bits per heavy atom. The molecular formula is C9H12O5. The van der Waals surface area contributed by atoms with Gasteiger partial charge in [-0.05, 0) is 6.92 Å². The van der Waals surface area contributed by atoms with E-state index in [1.54, 1.807) is 6.92 Å². The van der Waals surface area contributed by atoms with E-state index < -0.39 is 11.9 Å². The molecule has 0 aliphatic heterocycles. The summed E-state index contributed by atoms with van der Waals surface area (Å²) in [6, 6.07) is 0. The van der Waals surface area contributed by atoms with Crippen LogP contribution in [-0.2, 0) is 19.1 Å². The van der Waals surface area contributed by atoms with Gasteiger partial charge >= 0.3 is 11.9 Å². The molecular weight excluding hydrogens is 188 g/mol. The van der Waals surface area contributed by atoms with Gasteiger partial charge in [0.2, 0.25) is 0 Å². The number of rotatable bonds is 6. The first-order valence-electron chi connectivity index (χ1n) is 3.90. The van der Waals surface area contributed by atoms with E-state index in [1.807, 2.05) is 0 Å². The van der Waals surface area contributed by atoms with E-state index in [0.29, 0.717) is 6.08 Å². The minimum absolute atomic E-state index is 0.0504. The Hall–Kier alpha value is -1.78. The molecule has 1 unspecified atom stereocenters. The van der Waals surface area contributed by atoms with E-state index in [2.05, 4.69) is 11.3 Å². The van der Waals surface area contributed by atoms with Gasteiger partial charge in [0.15, 0.2) is 0 Å². The molecule has 0 saturated carbocycles. The minimum atomic E-state index is -1.20. The Balaban J connectivity index is 3.73. The van der Waals surface area contributed by atoms with E-state index in [0.717, 1.165) is 6.08 Å². The van der Waals surface area contributed by atoms with E-state index in [1.165, 1.54) is 6.26 Å². The summed E-state index contributed by atoms with van der Waals surface area (Å²) in [4.78, 5) is 20.8. The summed E-state index contributed by atoms with van der Waals surface area (Å²) < 4.78 is 9.51. The Bertz CT molecular complexity index is 244. The van der Waals surface area contributed by atoms with Crippen LogP contribution >= 0.6 is 0 Å². The number of ether oxygens (including phenoxy) is 2. The predicted molar refractivity (Wildman–Crippen MR) is 48.5 cm³/mol. The highest BCUT2D eigenvalue weighted by molar-refractivity contribution is 5.90. The Morgan fingerprint density at radius 3 is 2.64 bits per heavy atom. The van der Waals surface area contributed by atoms with Gasteiger partial charge in [0.25, 0.3) is 0 Å². The van der Waals surface area contributed by atoms with Gasteiger partial charge < -0.3 is 14.6 Å². The molecule has 0 radical (unpaired) electrons. The Morgan fingerprint density at radius 1 is 1.50 bits per heavy atom. The second kappa shape index (κ2) is 6.71. The van der Waals surface area contributed by atoms with Crippen molar-refractivity contribution in [1.82, 2.24) is 0 Å². The molecule has 1 atom stereocenters. The molecule has 0 spiro atoms. The lowest BCUT2D eigenvalue weighted by atomic mass is 10.4. The maximum absolute atomic E-state index is 10.8. The summed E-state index contributed by atoms with van der Waals surface area (Å²) in [6.07, 6.45) is 2.49. The SMILES string of the molecule is C=COC(C)COC(=O)/C=C\C(=O)O. The van der Waals surface area contributed by atoms with Crippen molar-refractivity contribution >= 4 is 11.9 Å². The molecule has 0 rings (SSSR count). The van der Waals surface area contributed by atoms with Crippen LogP contribution in [0, 0.1) is 0 Å². The van der Waals surface area contributed by atoms with Crippen LogP contribution in [0.2, 0.25) is 0 Å². The summed E-state index contributed by atoms with van der Waals surface area (Å²) >= 11 is 0. The third kappa shape index (κ3) is 6.90. The van der Waals surface area contributed by atoms with Crippen LogP contribution in [-0.4, -0.2) is 29.8 Å². The summed E-state index contributed by atoms with van der Waals surface area (Å²) in [6.45, 7) is 5.07. The number of carboxylic acid groups (broad SMARTS) is 1. The zero-order valence-electron chi connectivity index (χ0n) is 7.80. The van der Waals surface area contributed by atoms with Crippen molar-refractivity contribution in [3.8, 4) is 0 Å². The number of carboxylic acids is 1. The molecule has 0 aromatic heterocycles. The molecule has 0 aliphatic carbocycles. The largest absolute Gasteiger partial charge is 0.495 e. The molecule has 0 amide bonds. The van der Waals surface area contributed by atoms with Gasteiger partial charge in [-0.3, -0.25) is 0 Å². The van der Waals surface area contributed by atoms with Gasteiger partial charge in [0.1, 0.15) is 12.7 Å². The normalized spacial score (nSPS) is 12.1. The minimum Gasteiger partial charge on any atom is -0.495 e. The molecule has 1 N–H and O–H groups in total. The van der Waals surface area contributed by atoms with Crippen molar-refractivity contribution in [2.75, 3.05) is 6.61 Å². The van der Waals surface area contributed by atoms with Crippen molar-refractivity contribution < 1.29 is 24.2 Å². The third-order valence-corrected chi connectivity index (χ3v) is 1.15. The van der Waals surface area contributed by atoms with E-state index in [-0.39, 0.29) is 12.7 Å². The lowest BCUT2D eigenvalue weighted by molar-refractivity contribution is -0.141. The maximum Gasteiger partial charge on any atom is 0.331 e. The van der Waals surface area contributed by atoms with E-state index in [9.17, 15) is 9.59 Å². The van der Waals surface area contributed by atoms with Gasteiger partial charge in [-0.2, -0.15) is 0 Å². The Kier molecular flexibility index (Phi) is 5.85. The fourth-order valence-corrected chi connectivity index (χ4v) is 0.590. The van der Waals surface area contributed by atoms with Crippen LogP contribution in [0.5, 0.6) is 0 Å². The number of aliphatic carboxylic acids is 1. The summed E-state index contributed by atoms with van der Waals surface area (Å²) in [5.41, 5.74) is 0. The predicted octanol–water partition coefficient (Wildman–Crippen LogP) is 0.719. The number of carbonyl (C=O) groups excluding carboxylic acids is 1. The molecule has 0 saturated heterocycles. The maximum atomic E-state index is 10.8. The third-order valence-electron chi connectivity index (χ3n) is 1.15. The van der Waals surface area contributed by atoms with E-state index >= 15 is 0 Å². The molecule has 0 aromatic rings. The highest BCUT2D eigenvalue weighted by Gasteiger charge is 2.04. The molecule has 0 aromatic carbocycles. The molecule has 0 fully saturated rings. The van der Waals surface area contributed by atoms with Gasteiger partial charge in [-0.15, -0.1) is 0 Å². The number of esters is 1. The lowest BCUT2D eigenvalue weighted by Gasteiger charge is -2.09. The molecule has 0 bridgehead atoms. The Labute approximate surface area is 81.6 Å². The second-order valence-electron chi connectivity index (χ2n) is 2.41. The lowest BCUT2D eigenvalue weighted by Crippen LogP contribution is -2.16. The van der Waals surface area contributed by atoms with Crippen molar-refractivity contribution in [2.45, 2.75) is 13.0 Å². The first kappa shape index (κ1) is 12.2. The van der Waals surface area contributed by atoms with Gasteiger partial charge in [0, 0.05) is 12.2 Å². The average molecular weight is 200 g/mol. The summed E-state index contributed by atoms with van der Waals surface area (Å²) in [5, 5.41) is 8.19. The van der Waals surface area contributed by atoms with Crippen molar-refractivity contribution in [3.63, 3.8) is 0 Å². The molecule has 0 aliphatic rings. The van der Waals surface area contributed by atoms with Crippen molar-refractivity contribution in [1.29, 1.82) is 0 Å². The smallest absolute Gasteiger partial charge is 0.331 e. The number of hydrogen-bond donors (Lipinski definition) is 1. The fourth-order valence-electron chi connectivity index (χ4n) is 0.590. The van der Waals surface area contributed by atoms with Gasteiger partial charge in [-0.25, -0.2) is 9.59 Å². The monoisotopic (exact) mass is 200 g/mol. The zero-order chi connectivity index (χ0) is 11.0. The van der Waals surface area contributed by atoms with Gasteiger partial charge in [-0.1, -0.05) is 6.58 Å². The first-order chi connectivity index (χ1) is 6.56. The number of carbonyl (C=O) groups is 2. The quantitative estimate of drug-likeness (QED) is 0.388. The van der Waals surface area contributed by atoms with E-state index in [4.69, 9.17) is 9.84 Å².